The highest BCUT2D eigenvalue weighted by Gasteiger charge is 1.98. The SMILES string of the molecule is Cc1cscc1CCCCCCBr. The number of unbranched alkanes of at least 4 members (excludes halogenated alkanes) is 3. The van der Waals surface area contributed by atoms with Crippen LogP contribution >= 0.6 is 27.3 Å². The molecule has 1 aromatic rings. The third-order valence-corrected chi connectivity index (χ3v) is 3.76. The molecule has 1 aromatic heterocycles. The van der Waals surface area contributed by atoms with Crippen molar-refractivity contribution in [2.24, 2.45) is 0 Å². The molecule has 0 nitrogen and oxygen atoms in total. The fourth-order valence-corrected chi connectivity index (χ4v) is 2.69. The van der Waals surface area contributed by atoms with Gasteiger partial charge in [-0.2, -0.15) is 11.3 Å². The summed E-state index contributed by atoms with van der Waals surface area (Å²) in [6, 6.07) is 0. The maximum absolute atomic E-state index is 3.45. The van der Waals surface area contributed by atoms with Gasteiger partial charge in [-0.1, -0.05) is 28.8 Å². The van der Waals surface area contributed by atoms with Crippen LogP contribution in [0.1, 0.15) is 36.8 Å². The van der Waals surface area contributed by atoms with Crippen molar-refractivity contribution in [3.05, 3.63) is 21.9 Å². The van der Waals surface area contributed by atoms with Crippen molar-refractivity contribution in [3.63, 3.8) is 0 Å². The standard InChI is InChI=1S/C11H17BrS/c1-10-8-13-9-11(10)6-4-2-3-5-7-12/h8-9H,2-7H2,1H3. The van der Waals surface area contributed by atoms with E-state index in [1.807, 2.05) is 11.3 Å². The van der Waals surface area contributed by atoms with Crippen LogP contribution in [0.2, 0.25) is 0 Å². The molecular weight excluding hydrogens is 244 g/mol. The quantitative estimate of drug-likeness (QED) is 0.520. The summed E-state index contributed by atoms with van der Waals surface area (Å²) >= 11 is 5.28. The average molecular weight is 261 g/mol. The van der Waals surface area contributed by atoms with Gasteiger partial charge in [0.1, 0.15) is 0 Å². The zero-order valence-corrected chi connectivity index (χ0v) is 10.6. The smallest absolute Gasteiger partial charge is 0.00313 e. The van der Waals surface area contributed by atoms with Gasteiger partial charge in [-0.15, -0.1) is 0 Å². The van der Waals surface area contributed by atoms with Crippen LogP contribution in [0.3, 0.4) is 0 Å². The minimum absolute atomic E-state index is 1.16. The third-order valence-electron chi connectivity index (χ3n) is 2.29. The van der Waals surface area contributed by atoms with Crippen LogP contribution in [0.5, 0.6) is 0 Å². The molecule has 0 bridgehead atoms. The van der Waals surface area contributed by atoms with Gasteiger partial charge in [0.05, 0.1) is 0 Å². The number of alkyl halides is 1. The molecule has 0 unspecified atom stereocenters. The van der Waals surface area contributed by atoms with Crippen molar-refractivity contribution in [2.45, 2.75) is 39.0 Å². The number of hydrogen-bond acceptors (Lipinski definition) is 1. The largest absolute Gasteiger partial charge is 0.152 e. The fourth-order valence-electron chi connectivity index (χ4n) is 1.41. The van der Waals surface area contributed by atoms with Gasteiger partial charge in [0.15, 0.2) is 0 Å². The summed E-state index contributed by atoms with van der Waals surface area (Å²) in [6.45, 7) is 2.21. The van der Waals surface area contributed by atoms with Crippen LogP contribution < -0.4 is 0 Å². The molecule has 0 fully saturated rings. The minimum atomic E-state index is 1.16. The van der Waals surface area contributed by atoms with E-state index in [0.717, 1.165) is 5.33 Å². The Morgan fingerprint density at radius 2 is 1.92 bits per heavy atom. The maximum atomic E-state index is 3.45. The predicted octanol–water partition coefficient (Wildman–Crippen LogP) is 4.55. The molecule has 0 atom stereocenters. The van der Waals surface area contributed by atoms with Crippen LogP contribution in [0, 0.1) is 6.92 Å². The summed E-state index contributed by atoms with van der Waals surface area (Å²) in [5.41, 5.74) is 3.04. The van der Waals surface area contributed by atoms with E-state index in [-0.39, 0.29) is 0 Å². The van der Waals surface area contributed by atoms with Crippen LogP contribution in [-0.4, -0.2) is 5.33 Å². The Bertz CT molecular complexity index is 230. The molecule has 74 valence electrons. The molecular formula is C11H17BrS. The first-order valence-corrected chi connectivity index (χ1v) is 6.98. The van der Waals surface area contributed by atoms with Gasteiger partial charge in [0.25, 0.3) is 0 Å². The molecule has 0 radical (unpaired) electrons. The van der Waals surface area contributed by atoms with Crippen LogP contribution in [0.4, 0.5) is 0 Å². The Balaban J connectivity index is 2.10. The first kappa shape index (κ1) is 11.3. The lowest BCUT2D eigenvalue weighted by molar-refractivity contribution is 0.671. The third kappa shape index (κ3) is 4.28. The molecule has 0 spiro atoms. The summed E-state index contributed by atoms with van der Waals surface area (Å²) in [5, 5.41) is 5.69. The molecule has 13 heavy (non-hydrogen) atoms. The van der Waals surface area contributed by atoms with E-state index < -0.39 is 0 Å². The Morgan fingerprint density at radius 1 is 1.15 bits per heavy atom. The Hall–Kier alpha value is 0.180. The topological polar surface area (TPSA) is 0 Å². The zero-order valence-electron chi connectivity index (χ0n) is 8.18. The molecule has 0 saturated heterocycles. The summed E-state index contributed by atoms with van der Waals surface area (Å²) < 4.78 is 0. The van der Waals surface area contributed by atoms with E-state index in [0.29, 0.717) is 0 Å². The summed E-state index contributed by atoms with van der Waals surface area (Å²) in [4.78, 5) is 0. The Kier molecular flexibility index (Phi) is 5.72. The van der Waals surface area contributed by atoms with Crippen molar-refractivity contribution in [3.8, 4) is 0 Å². The zero-order chi connectivity index (χ0) is 9.52. The van der Waals surface area contributed by atoms with Gasteiger partial charge in [-0.05, 0) is 48.1 Å². The Morgan fingerprint density at radius 3 is 2.54 bits per heavy atom. The highest BCUT2D eigenvalue weighted by molar-refractivity contribution is 9.09. The second kappa shape index (κ2) is 6.61. The second-order valence-electron chi connectivity index (χ2n) is 3.43. The van der Waals surface area contributed by atoms with E-state index >= 15 is 0 Å². The molecule has 1 heterocycles. The van der Waals surface area contributed by atoms with Gasteiger partial charge >= 0.3 is 0 Å². The average Bonchev–Trinajstić information content (AvgIpc) is 2.52. The number of hydrogen-bond donors (Lipinski definition) is 0. The summed E-state index contributed by atoms with van der Waals surface area (Å²) in [5.74, 6) is 0. The summed E-state index contributed by atoms with van der Waals surface area (Å²) in [6.07, 6.45) is 6.69. The fraction of sp³-hybridized carbons (Fsp3) is 0.636. The molecule has 0 saturated carbocycles. The maximum Gasteiger partial charge on any atom is 0.00313 e. The van der Waals surface area contributed by atoms with Crippen molar-refractivity contribution >= 4 is 27.3 Å². The molecule has 1 rings (SSSR count). The van der Waals surface area contributed by atoms with Gasteiger partial charge in [0, 0.05) is 5.33 Å². The molecule has 2 heteroatoms. The number of halogens is 1. The van der Waals surface area contributed by atoms with Crippen molar-refractivity contribution < 1.29 is 0 Å². The molecule has 0 aliphatic heterocycles. The minimum Gasteiger partial charge on any atom is -0.152 e. The predicted molar refractivity (Wildman–Crippen MR) is 65.0 cm³/mol. The van der Waals surface area contributed by atoms with Crippen molar-refractivity contribution in [1.29, 1.82) is 0 Å². The van der Waals surface area contributed by atoms with Crippen LogP contribution in [-0.2, 0) is 6.42 Å². The van der Waals surface area contributed by atoms with E-state index in [1.54, 1.807) is 5.56 Å². The Labute approximate surface area is 93.5 Å². The van der Waals surface area contributed by atoms with Gasteiger partial charge < -0.3 is 0 Å². The molecule has 0 aliphatic carbocycles. The second-order valence-corrected chi connectivity index (χ2v) is 4.97. The highest BCUT2D eigenvalue weighted by atomic mass is 79.9. The number of aryl methyl sites for hydroxylation is 2. The lowest BCUT2D eigenvalue weighted by Gasteiger charge is -1.99. The van der Waals surface area contributed by atoms with E-state index in [1.165, 1.54) is 37.7 Å². The number of thiophene rings is 1. The van der Waals surface area contributed by atoms with Crippen molar-refractivity contribution in [1.82, 2.24) is 0 Å². The van der Waals surface area contributed by atoms with E-state index in [2.05, 4.69) is 33.6 Å². The van der Waals surface area contributed by atoms with Crippen molar-refractivity contribution in [2.75, 3.05) is 5.33 Å². The molecule has 0 aliphatic rings. The first-order chi connectivity index (χ1) is 6.34. The molecule has 0 amide bonds. The lowest BCUT2D eigenvalue weighted by atomic mass is 10.1. The number of rotatable bonds is 6. The first-order valence-electron chi connectivity index (χ1n) is 4.92. The highest BCUT2D eigenvalue weighted by Crippen LogP contribution is 2.16. The van der Waals surface area contributed by atoms with Gasteiger partial charge in [0.2, 0.25) is 0 Å². The normalized spacial score (nSPS) is 10.6. The van der Waals surface area contributed by atoms with Crippen LogP contribution in [0.25, 0.3) is 0 Å². The lowest BCUT2D eigenvalue weighted by Crippen LogP contribution is -1.86. The van der Waals surface area contributed by atoms with Gasteiger partial charge in [-0.3, -0.25) is 0 Å². The van der Waals surface area contributed by atoms with Crippen LogP contribution in [0.15, 0.2) is 10.8 Å². The molecule has 0 aromatic carbocycles. The monoisotopic (exact) mass is 260 g/mol. The van der Waals surface area contributed by atoms with Gasteiger partial charge in [-0.25, -0.2) is 0 Å². The molecule has 0 N–H and O–H groups in total. The van der Waals surface area contributed by atoms with E-state index in [4.69, 9.17) is 0 Å². The summed E-state index contributed by atoms with van der Waals surface area (Å²) in [7, 11) is 0. The van der Waals surface area contributed by atoms with E-state index in [9.17, 15) is 0 Å².